The Labute approximate surface area is 126 Å². The summed E-state index contributed by atoms with van der Waals surface area (Å²) in [4.78, 5) is 37.6. The molecule has 0 aromatic heterocycles. The normalized spacial score (nSPS) is 20.9. The van der Waals surface area contributed by atoms with Crippen LogP contribution in [0.5, 0.6) is 0 Å². The Morgan fingerprint density at radius 1 is 1.33 bits per heavy atom. The number of ketones is 1. The number of likely N-dealkylation sites (tertiary alicyclic amines) is 1. The molecule has 6 heteroatoms. The van der Waals surface area contributed by atoms with Gasteiger partial charge >= 0.3 is 5.97 Å². The highest BCUT2D eigenvalue weighted by molar-refractivity contribution is 5.91. The summed E-state index contributed by atoms with van der Waals surface area (Å²) in [6, 6.07) is -0.903. The molecule has 0 saturated carbocycles. The van der Waals surface area contributed by atoms with Crippen molar-refractivity contribution in [1.29, 1.82) is 0 Å². The summed E-state index contributed by atoms with van der Waals surface area (Å²) in [6.45, 7) is 7.93. The van der Waals surface area contributed by atoms with E-state index in [0.717, 1.165) is 6.42 Å². The van der Waals surface area contributed by atoms with E-state index < -0.39 is 11.5 Å². The minimum atomic E-state index is -0.560. The molecule has 0 aromatic carbocycles. The van der Waals surface area contributed by atoms with Crippen LogP contribution < -0.4 is 5.32 Å². The Morgan fingerprint density at radius 3 is 2.48 bits per heavy atom. The molecule has 1 fully saturated rings. The number of nitrogens with zero attached hydrogens (tertiary/aromatic N) is 1. The summed E-state index contributed by atoms with van der Waals surface area (Å²) >= 11 is 0. The van der Waals surface area contributed by atoms with Crippen molar-refractivity contribution in [3.05, 3.63) is 0 Å². The number of esters is 1. The third kappa shape index (κ3) is 4.81. The molecular formula is C15H26N2O4. The molecule has 120 valence electrons. The van der Waals surface area contributed by atoms with Crippen molar-refractivity contribution in [1.82, 2.24) is 10.2 Å². The van der Waals surface area contributed by atoms with Crippen LogP contribution >= 0.6 is 0 Å². The van der Waals surface area contributed by atoms with Gasteiger partial charge in [-0.1, -0.05) is 20.8 Å². The molecule has 0 aromatic rings. The van der Waals surface area contributed by atoms with Crippen molar-refractivity contribution in [2.24, 2.45) is 5.41 Å². The Balaban J connectivity index is 2.56. The molecule has 0 radical (unpaired) electrons. The average molecular weight is 298 g/mol. The Kier molecular flexibility index (Phi) is 5.89. The number of Topliss-reactive ketones (excluding diaryl/α,β-unsaturated/α-hetero) is 1. The van der Waals surface area contributed by atoms with Gasteiger partial charge in [-0.2, -0.15) is 0 Å². The summed E-state index contributed by atoms with van der Waals surface area (Å²) < 4.78 is 4.75. The molecule has 0 spiro atoms. The highest BCUT2D eigenvalue weighted by Crippen LogP contribution is 2.18. The highest BCUT2D eigenvalue weighted by atomic mass is 16.5. The topological polar surface area (TPSA) is 75.7 Å². The van der Waals surface area contributed by atoms with E-state index in [1.54, 1.807) is 27.7 Å². The molecule has 0 aliphatic carbocycles. The second-order valence-corrected chi connectivity index (χ2v) is 6.56. The first-order valence-electron chi connectivity index (χ1n) is 7.32. The van der Waals surface area contributed by atoms with Crippen molar-refractivity contribution < 1.29 is 19.1 Å². The van der Waals surface area contributed by atoms with Crippen LogP contribution in [0, 0.1) is 5.41 Å². The lowest BCUT2D eigenvalue weighted by atomic mass is 9.95. The molecule has 1 heterocycles. The van der Waals surface area contributed by atoms with Crippen LogP contribution in [0.15, 0.2) is 0 Å². The van der Waals surface area contributed by atoms with Gasteiger partial charge in [-0.05, 0) is 26.3 Å². The van der Waals surface area contributed by atoms with Gasteiger partial charge < -0.3 is 10.1 Å². The second-order valence-electron chi connectivity index (χ2n) is 6.56. The molecular weight excluding hydrogens is 272 g/mol. The Bertz CT molecular complexity index is 414. The first-order valence-corrected chi connectivity index (χ1v) is 7.32. The van der Waals surface area contributed by atoms with Crippen molar-refractivity contribution in [3.63, 3.8) is 0 Å². The maximum Gasteiger partial charge on any atom is 0.323 e. The number of amides is 1. The fourth-order valence-electron chi connectivity index (χ4n) is 2.25. The molecule has 0 bridgehead atoms. The predicted octanol–water partition coefficient (Wildman–Crippen LogP) is 0.744. The second kappa shape index (κ2) is 7.02. The highest BCUT2D eigenvalue weighted by Gasteiger charge is 2.34. The van der Waals surface area contributed by atoms with Gasteiger partial charge in [-0.25, -0.2) is 0 Å². The van der Waals surface area contributed by atoms with Crippen LogP contribution in [0.2, 0.25) is 0 Å². The average Bonchev–Trinajstić information content (AvgIpc) is 2.84. The van der Waals surface area contributed by atoms with Crippen LogP contribution in [0.1, 0.15) is 40.5 Å². The Morgan fingerprint density at radius 2 is 1.95 bits per heavy atom. The van der Waals surface area contributed by atoms with Gasteiger partial charge in [0.15, 0.2) is 5.78 Å². The van der Waals surface area contributed by atoms with Crippen LogP contribution in [0.3, 0.4) is 0 Å². The predicted molar refractivity (Wildman–Crippen MR) is 78.7 cm³/mol. The van der Waals surface area contributed by atoms with Crippen molar-refractivity contribution in [2.75, 3.05) is 20.2 Å². The summed E-state index contributed by atoms with van der Waals surface area (Å²) in [5.74, 6) is -0.552. The number of hydrogen-bond donors (Lipinski definition) is 1. The molecule has 1 saturated heterocycles. The molecule has 1 aliphatic rings. The molecule has 1 rings (SSSR count). The molecule has 21 heavy (non-hydrogen) atoms. The quantitative estimate of drug-likeness (QED) is 0.758. The number of carbonyl (C=O) groups is 3. The monoisotopic (exact) mass is 298 g/mol. The van der Waals surface area contributed by atoms with E-state index in [2.05, 4.69) is 5.32 Å². The minimum absolute atomic E-state index is 0.0941. The summed E-state index contributed by atoms with van der Waals surface area (Å²) in [6.07, 6.45) is 1.58. The van der Waals surface area contributed by atoms with Gasteiger partial charge in [0.05, 0.1) is 19.7 Å². The molecule has 2 atom stereocenters. The van der Waals surface area contributed by atoms with Gasteiger partial charge in [0.1, 0.15) is 6.04 Å². The lowest BCUT2D eigenvalue weighted by Crippen LogP contribution is -2.48. The SMILES string of the molecule is COC(=O)[C@@H]1CCCN1CC(=O)[C@H](C)NC(=O)C(C)(C)C. The lowest BCUT2D eigenvalue weighted by molar-refractivity contribution is -0.146. The van der Waals surface area contributed by atoms with Crippen LogP contribution in [0.25, 0.3) is 0 Å². The van der Waals surface area contributed by atoms with Crippen molar-refractivity contribution >= 4 is 17.7 Å². The maximum atomic E-state index is 12.2. The standard InChI is InChI=1S/C15H26N2O4/c1-10(16-14(20)15(2,3)4)12(18)9-17-8-6-7-11(17)13(19)21-5/h10-11H,6-9H2,1-5H3,(H,16,20)/t10-,11-/m0/s1. The molecule has 1 aliphatic heterocycles. The smallest absolute Gasteiger partial charge is 0.323 e. The lowest BCUT2D eigenvalue weighted by Gasteiger charge is -2.25. The summed E-state index contributed by atoms with van der Waals surface area (Å²) in [7, 11) is 1.35. The molecule has 1 amide bonds. The summed E-state index contributed by atoms with van der Waals surface area (Å²) in [5.41, 5.74) is -0.531. The van der Waals surface area contributed by atoms with E-state index in [1.807, 2.05) is 4.90 Å². The number of methoxy groups -OCH3 is 1. The number of carbonyl (C=O) groups excluding carboxylic acids is 3. The minimum Gasteiger partial charge on any atom is -0.468 e. The Hall–Kier alpha value is -1.43. The van der Waals surface area contributed by atoms with E-state index >= 15 is 0 Å². The largest absolute Gasteiger partial charge is 0.468 e. The van der Waals surface area contributed by atoms with Gasteiger partial charge in [0.25, 0.3) is 0 Å². The fourth-order valence-corrected chi connectivity index (χ4v) is 2.25. The molecule has 0 unspecified atom stereocenters. The third-order valence-electron chi connectivity index (χ3n) is 3.71. The number of nitrogens with one attached hydrogen (secondary N) is 1. The first-order chi connectivity index (χ1) is 9.66. The zero-order chi connectivity index (χ0) is 16.2. The van der Waals surface area contributed by atoms with E-state index in [-0.39, 0.29) is 30.2 Å². The van der Waals surface area contributed by atoms with Gasteiger partial charge in [-0.15, -0.1) is 0 Å². The van der Waals surface area contributed by atoms with Crippen molar-refractivity contribution in [3.8, 4) is 0 Å². The van der Waals surface area contributed by atoms with Crippen LogP contribution in [0.4, 0.5) is 0 Å². The number of ether oxygens (including phenoxy) is 1. The zero-order valence-corrected chi connectivity index (χ0v) is 13.6. The third-order valence-corrected chi connectivity index (χ3v) is 3.71. The maximum absolute atomic E-state index is 12.2. The summed E-state index contributed by atoms with van der Waals surface area (Å²) in [5, 5.41) is 2.72. The van der Waals surface area contributed by atoms with Crippen LogP contribution in [-0.2, 0) is 19.1 Å². The van der Waals surface area contributed by atoms with Gasteiger partial charge in [0, 0.05) is 5.41 Å². The fraction of sp³-hybridized carbons (Fsp3) is 0.800. The number of hydrogen-bond acceptors (Lipinski definition) is 5. The van der Waals surface area contributed by atoms with E-state index in [4.69, 9.17) is 4.74 Å². The van der Waals surface area contributed by atoms with E-state index in [1.165, 1.54) is 7.11 Å². The molecule has 6 nitrogen and oxygen atoms in total. The first kappa shape index (κ1) is 17.6. The van der Waals surface area contributed by atoms with Crippen LogP contribution in [-0.4, -0.2) is 54.8 Å². The van der Waals surface area contributed by atoms with E-state index in [0.29, 0.717) is 13.0 Å². The van der Waals surface area contributed by atoms with Crippen molar-refractivity contribution in [2.45, 2.75) is 52.6 Å². The number of rotatable bonds is 5. The zero-order valence-electron chi connectivity index (χ0n) is 13.6. The van der Waals surface area contributed by atoms with Gasteiger partial charge in [0.2, 0.25) is 5.91 Å². The molecule has 1 N–H and O–H groups in total. The van der Waals surface area contributed by atoms with Gasteiger partial charge in [-0.3, -0.25) is 19.3 Å². The van der Waals surface area contributed by atoms with E-state index in [9.17, 15) is 14.4 Å².